The molecule has 2 bridgehead atoms. The number of carbonyl (C=O) groups is 1. The highest BCUT2D eigenvalue weighted by atomic mass is 16.4. The number of aromatic carboxylic acids is 1. The summed E-state index contributed by atoms with van der Waals surface area (Å²) in [6.45, 7) is 7.41. The molecule has 0 aromatic carbocycles. The molecule has 27 heavy (non-hydrogen) atoms. The number of carboxylic acid groups (broad SMARTS) is 1. The summed E-state index contributed by atoms with van der Waals surface area (Å²) in [6, 6.07) is 2.25. The maximum absolute atomic E-state index is 13.1. The molecule has 1 saturated carbocycles. The molecule has 1 aliphatic carbocycles. The van der Waals surface area contributed by atoms with Crippen molar-refractivity contribution in [3.05, 3.63) is 28.3 Å². The van der Waals surface area contributed by atoms with Gasteiger partial charge in [-0.25, -0.2) is 14.6 Å². The smallest absolute Gasteiger partial charge is 0.337 e. The minimum atomic E-state index is -1.02. The zero-order valence-corrected chi connectivity index (χ0v) is 16.1. The predicted octanol–water partition coefficient (Wildman–Crippen LogP) is 2.43. The van der Waals surface area contributed by atoms with Gasteiger partial charge in [-0.15, -0.1) is 0 Å². The minimum absolute atomic E-state index is 0.0787. The van der Waals surface area contributed by atoms with E-state index >= 15 is 0 Å². The summed E-state index contributed by atoms with van der Waals surface area (Å²) in [6.07, 6.45) is 6.12. The Morgan fingerprint density at radius 2 is 2.07 bits per heavy atom. The number of aryl methyl sites for hydroxylation is 1. The van der Waals surface area contributed by atoms with E-state index in [1.54, 1.807) is 15.2 Å². The van der Waals surface area contributed by atoms with Gasteiger partial charge in [0.25, 0.3) is 0 Å². The number of aromatic nitrogens is 3. The molecule has 2 aromatic heterocycles. The molecular formula is C20H28N4O3. The van der Waals surface area contributed by atoms with Crippen molar-refractivity contribution in [1.29, 1.82) is 0 Å². The van der Waals surface area contributed by atoms with Gasteiger partial charge in [0.15, 0.2) is 5.65 Å². The van der Waals surface area contributed by atoms with Crippen molar-refractivity contribution in [3.8, 4) is 0 Å². The lowest BCUT2D eigenvalue weighted by molar-refractivity contribution is 0.0696. The van der Waals surface area contributed by atoms with Crippen molar-refractivity contribution in [2.75, 3.05) is 13.1 Å². The Balaban J connectivity index is 1.66. The molecule has 0 radical (unpaired) electrons. The number of piperidine rings is 1. The van der Waals surface area contributed by atoms with Crippen molar-refractivity contribution in [2.24, 2.45) is 11.8 Å². The molecule has 4 rings (SSSR count). The van der Waals surface area contributed by atoms with Gasteiger partial charge in [-0.1, -0.05) is 13.8 Å². The van der Waals surface area contributed by atoms with Crippen LogP contribution in [0, 0.1) is 11.8 Å². The highest BCUT2D eigenvalue weighted by Gasteiger charge is 2.37. The molecule has 3 heterocycles. The molecule has 0 spiro atoms. The molecule has 2 aromatic rings. The number of carboxylic acids is 1. The molecule has 2 fully saturated rings. The van der Waals surface area contributed by atoms with Gasteiger partial charge in [0.05, 0.1) is 11.1 Å². The summed E-state index contributed by atoms with van der Waals surface area (Å²) in [5, 5.41) is 9.32. The summed E-state index contributed by atoms with van der Waals surface area (Å²) in [4.78, 5) is 31.3. The van der Waals surface area contributed by atoms with Crippen molar-refractivity contribution in [3.63, 3.8) is 0 Å². The van der Waals surface area contributed by atoms with Crippen molar-refractivity contribution in [2.45, 2.75) is 58.7 Å². The summed E-state index contributed by atoms with van der Waals surface area (Å²) in [5.41, 5.74) is 1.27. The fraction of sp³-hybridized carbons (Fsp3) is 0.650. The average Bonchev–Trinajstić information content (AvgIpc) is 3.31. The second-order valence-electron chi connectivity index (χ2n) is 8.47. The SMILES string of the molecule is CC(C)CCn1c(=O)n(CCN2C[C@H]3CC[C@H]2C3)c2cc(C(=O)O)cnc21. The molecule has 0 amide bonds. The number of rotatable bonds is 7. The Morgan fingerprint density at radius 1 is 1.26 bits per heavy atom. The van der Waals surface area contributed by atoms with Crippen LogP contribution in [-0.4, -0.2) is 49.2 Å². The topological polar surface area (TPSA) is 80.4 Å². The highest BCUT2D eigenvalue weighted by Crippen LogP contribution is 2.37. The van der Waals surface area contributed by atoms with Crippen molar-refractivity contribution < 1.29 is 9.90 Å². The first-order valence-corrected chi connectivity index (χ1v) is 10.0. The lowest BCUT2D eigenvalue weighted by Crippen LogP contribution is -2.36. The first-order valence-electron chi connectivity index (χ1n) is 10.0. The Hall–Kier alpha value is -2.15. The molecule has 1 N–H and O–H groups in total. The van der Waals surface area contributed by atoms with E-state index in [-0.39, 0.29) is 11.3 Å². The van der Waals surface area contributed by atoms with Crippen LogP contribution in [0.4, 0.5) is 0 Å². The maximum atomic E-state index is 13.1. The molecular weight excluding hydrogens is 344 g/mol. The molecule has 7 heteroatoms. The lowest BCUT2D eigenvalue weighted by Gasteiger charge is -2.26. The zero-order chi connectivity index (χ0) is 19.1. The number of nitrogens with zero attached hydrogens (tertiary/aromatic N) is 4. The Labute approximate surface area is 158 Å². The number of hydrogen-bond acceptors (Lipinski definition) is 4. The monoisotopic (exact) mass is 372 g/mol. The van der Waals surface area contributed by atoms with Crippen LogP contribution in [-0.2, 0) is 13.1 Å². The number of likely N-dealkylation sites (tertiary alicyclic amines) is 1. The van der Waals surface area contributed by atoms with Gasteiger partial charge in [0.1, 0.15) is 0 Å². The van der Waals surface area contributed by atoms with Gasteiger partial charge >= 0.3 is 11.7 Å². The van der Waals surface area contributed by atoms with Crippen LogP contribution in [0.1, 0.15) is 49.9 Å². The van der Waals surface area contributed by atoms with Crippen LogP contribution >= 0.6 is 0 Å². The van der Waals surface area contributed by atoms with Crippen LogP contribution in [0.15, 0.2) is 17.1 Å². The van der Waals surface area contributed by atoms with E-state index in [0.29, 0.717) is 36.2 Å². The molecule has 2 atom stereocenters. The van der Waals surface area contributed by atoms with Gasteiger partial charge < -0.3 is 5.11 Å². The summed E-state index contributed by atoms with van der Waals surface area (Å²) >= 11 is 0. The fourth-order valence-corrected chi connectivity index (χ4v) is 4.64. The third kappa shape index (κ3) is 3.40. The van der Waals surface area contributed by atoms with Gasteiger partial charge in [-0.05, 0) is 43.6 Å². The third-order valence-corrected chi connectivity index (χ3v) is 6.17. The molecule has 146 valence electrons. The minimum Gasteiger partial charge on any atom is -0.478 e. The first kappa shape index (κ1) is 18.2. The average molecular weight is 372 g/mol. The normalized spacial score (nSPS) is 22.3. The van der Waals surface area contributed by atoms with Crippen LogP contribution in [0.2, 0.25) is 0 Å². The maximum Gasteiger partial charge on any atom is 0.337 e. The largest absolute Gasteiger partial charge is 0.478 e. The predicted molar refractivity (Wildman–Crippen MR) is 103 cm³/mol. The summed E-state index contributed by atoms with van der Waals surface area (Å²) in [7, 11) is 0. The Kier molecular flexibility index (Phi) is 4.80. The van der Waals surface area contributed by atoms with Gasteiger partial charge in [0.2, 0.25) is 0 Å². The van der Waals surface area contributed by atoms with Crippen molar-refractivity contribution in [1.82, 2.24) is 19.0 Å². The van der Waals surface area contributed by atoms with E-state index in [1.807, 2.05) is 0 Å². The summed E-state index contributed by atoms with van der Waals surface area (Å²) < 4.78 is 3.43. The molecule has 1 aliphatic heterocycles. The van der Waals surface area contributed by atoms with Gasteiger partial charge in [-0.3, -0.25) is 14.0 Å². The number of pyridine rings is 1. The van der Waals surface area contributed by atoms with E-state index in [2.05, 4.69) is 23.7 Å². The molecule has 2 aliphatic rings. The summed E-state index contributed by atoms with van der Waals surface area (Å²) in [5.74, 6) is 0.281. The highest BCUT2D eigenvalue weighted by molar-refractivity contribution is 5.90. The Morgan fingerprint density at radius 3 is 2.70 bits per heavy atom. The van der Waals surface area contributed by atoms with Crippen LogP contribution in [0.25, 0.3) is 11.2 Å². The van der Waals surface area contributed by atoms with Gasteiger partial charge in [0, 0.05) is 38.4 Å². The van der Waals surface area contributed by atoms with E-state index in [9.17, 15) is 14.7 Å². The second-order valence-corrected chi connectivity index (χ2v) is 8.47. The van der Waals surface area contributed by atoms with Crippen LogP contribution < -0.4 is 5.69 Å². The number of hydrogen-bond donors (Lipinski definition) is 1. The van der Waals surface area contributed by atoms with Gasteiger partial charge in [-0.2, -0.15) is 0 Å². The second kappa shape index (κ2) is 7.11. The molecule has 0 unspecified atom stereocenters. The van der Waals surface area contributed by atoms with E-state index in [0.717, 1.165) is 25.4 Å². The van der Waals surface area contributed by atoms with E-state index in [4.69, 9.17) is 0 Å². The van der Waals surface area contributed by atoms with Crippen LogP contribution in [0.5, 0.6) is 0 Å². The van der Waals surface area contributed by atoms with Crippen molar-refractivity contribution >= 4 is 17.1 Å². The van der Waals surface area contributed by atoms with E-state index in [1.165, 1.54) is 25.5 Å². The number of imidazole rings is 1. The standard InChI is InChI=1S/C20H28N4O3/c1-13(2)5-6-24-18-17(10-15(11-21-18)19(25)26)23(20(24)27)8-7-22-12-14-3-4-16(22)9-14/h10-11,13-14,16H,3-9,12H2,1-2H3,(H,25,26)/t14-,16-/m0/s1. The first-order chi connectivity index (χ1) is 12.9. The quantitative estimate of drug-likeness (QED) is 0.807. The molecule has 1 saturated heterocycles. The molecule has 7 nitrogen and oxygen atoms in total. The zero-order valence-electron chi connectivity index (χ0n) is 16.1. The number of fused-ring (bicyclic) bond motifs is 3. The lowest BCUT2D eigenvalue weighted by atomic mass is 10.1. The van der Waals surface area contributed by atoms with E-state index < -0.39 is 5.97 Å². The Bertz CT molecular complexity index is 914. The fourth-order valence-electron chi connectivity index (χ4n) is 4.64. The third-order valence-electron chi connectivity index (χ3n) is 6.17. The van der Waals surface area contributed by atoms with Crippen LogP contribution in [0.3, 0.4) is 0 Å².